The normalized spacial score (nSPS) is 9.21. The highest BCUT2D eigenvalue weighted by atomic mass is 16.1. The lowest BCUT2D eigenvalue weighted by molar-refractivity contribution is 0.112. The van der Waals surface area contributed by atoms with E-state index in [0.717, 1.165) is 11.8 Å². The van der Waals surface area contributed by atoms with Crippen molar-refractivity contribution in [1.29, 1.82) is 0 Å². The van der Waals surface area contributed by atoms with E-state index in [-0.39, 0.29) is 0 Å². The van der Waals surface area contributed by atoms with Crippen LogP contribution in [-0.2, 0) is 0 Å². The second-order valence-electron chi connectivity index (χ2n) is 3.65. The van der Waals surface area contributed by atoms with Crippen molar-refractivity contribution in [1.82, 2.24) is 0 Å². The second-order valence-corrected chi connectivity index (χ2v) is 3.65. The summed E-state index contributed by atoms with van der Waals surface area (Å²) in [6.07, 6.45) is 2.12. The highest BCUT2D eigenvalue weighted by molar-refractivity contribution is 5.74. The maximum atomic E-state index is 10.3. The fourth-order valence-corrected chi connectivity index (χ4v) is 0.959. The van der Waals surface area contributed by atoms with Crippen molar-refractivity contribution in [2.75, 3.05) is 0 Å². The van der Waals surface area contributed by atoms with Crippen molar-refractivity contribution in [3.8, 4) is 0 Å². The van der Waals surface area contributed by atoms with Crippen LogP contribution in [0, 0.1) is 0 Å². The predicted molar refractivity (Wildman–Crippen MR) is 61.9 cm³/mol. The molecule has 0 radical (unpaired) electrons. The standard InChI is InChI=1S/C10H12O.C3H8/c1-8(2)10-5-3-9(7-11)4-6-10;1-3-2/h3-8H,1-2H3;3H2,1-2H3. The Balaban J connectivity index is 0.000000500. The molecule has 0 heterocycles. The maximum absolute atomic E-state index is 10.3. The second kappa shape index (κ2) is 7.31. The third kappa shape index (κ3) is 4.80. The molecule has 1 aromatic carbocycles. The van der Waals surface area contributed by atoms with Gasteiger partial charge in [-0.2, -0.15) is 0 Å². The zero-order chi connectivity index (χ0) is 11.0. The van der Waals surface area contributed by atoms with E-state index in [9.17, 15) is 4.79 Å². The monoisotopic (exact) mass is 192 g/mol. The molecule has 0 aliphatic rings. The molecule has 1 nitrogen and oxygen atoms in total. The van der Waals surface area contributed by atoms with Crippen molar-refractivity contribution in [2.45, 2.75) is 40.0 Å². The van der Waals surface area contributed by atoms with Gasteiger partial charge in [-0.1, -0.05) is 58.4 Å². The van der Waals surface area contributed by atoms with Crippen LogP contribution < -0.4 is 0 Å². The molecule has 0 aromatic heterocycles. The van der Waals surface area contributed by atoms with Crippen LogP contribution in [0.1, 0.15) is 56.0 Å². The summed E-state index contributed by atoms with van der Waals surface area (Å²) in [5.74, 6) is 0.538. The Labute approximate surface area is 87.2 Å². The lowest BCUT2D eigenvalue weighted by Gasteiger charge is -2.03. The molecule has 0 bridgehead atoms. The molecule has 0 saturated heterocycles. The molecular weight excluding hydrogens is 172 g/mol. The Hall–Kier alpha value is -1.11. The van der Waals surface area contributed by atoms with Crippen LogP contribution in [0.15, 0.2) is 24.3 Å². The van der Waals surface area contributed by atoms with Gasteiger partial charge in [-0.05, 0) is 11.5 Å². The van der Waals surface area contributed by atoms with Crippen molar-refractivity contribution >= 4 is 6.29 Å². The summed E-state index contributed by atoms with van der Waals surface area (Å²) in [6, 6.07) is 7.69. The number of hydrogen-bond acceptors (Lipinski definition) is 1. The summed E-state index contributed by atoms with van der Waals surface area (Å²) in [5, 5.41) is 0. The topological polar surface area (TPSA) is 17.1 Å². The maximum Gasteiger partial charge on any atom is 0.150 e. The quantitative estimate of drug-likeness (QED) is 0.646. The Morgan fingerprint density at radius 3 is 1.86 bits per heavy atom. The number of benzene rings is 1. The van der Waals surface area contributed by atoms with E-state index in [1.165, 1.54) is 12.0 Å². The molecular formula is C13H20O. The van der Waals surface area contributed by atoms with Crippen LogP contribution in [-0.4, -0.2) is 6.29 Å². The molecule has 0 aliphatic carbocycles. The van der Waals surface area contributed by atoms with Gasteiger partial charge in [0.05, 0.1) is 0 Å². The van der Waals surface area contributed by atoms with Crippen LogP contribution in [0.25, 0.3) is 0 Å². The minimum Gasteiger partial charge on any atom is -0.298 e. The molecule has 0 saturated carbocycles. The average Bonchev–Trinajstić information content (AvgIpc) is 2.19. The van der Waals surface area contributed by atoms with Crippen molar-refractivity contribution < 1.29 is 4.79 Å². The first-order chi connectivity index (χ1) is 6.65. The number of aldehydes is 1. The van der Waals surface area contributed by atoms with Gasteiger partial charge in [0.2, 0.25) is 0 Å². The predicted octanol–water partition coefficient (Wildman–Crippen LogP) is 4.04. The van der Waals surface area contributed by atoms with E-state index in [0.29, 0.717) is 5.92 Å². The summed E-state index contributed by atoms with van der Waals surface area (Å²) >= 11 is 0. The van der Waals surface area contributed by atoms with E-state index in [1.807, 2.05) is 24.3 Å². The molecule has 0 unspecified atom stereocenters. The molecule has 14 heavy (non-hydrogen) atoms. The lowest BCUT2D eigenvalue weighted by Crippen LogP contribution is -1.87. The minimum absolute atomic E-state index is 0.538. The number of rotatable bonds is 2. The third-order valence-corrected chi connectivity index (χ3v) is 1.74. The number of carbonyl (C=O) groups is 1. The van der Waals surface area contributed by atoms with Gasteiger partial charge in [0, 0.05) is 5.56 Å². The van der Waals surface area contributed by atoms with Gasteiger partial charge in [0.15, 0.2) is 0 Å². The Kier molecular flexibility index (Phi) is 6.73. The first-order valence-corrected chi connectivity index (χ1v) is 5.20. The molecule has 1 rings (SSSR count). The Bertz CT molecular complexity index is 246. The molecule has 0 fully saturated rings. The highest BCUT2D eigenvalue weighted by Gasteiger charge is 1.96. The molecule has 0 N–H and O–H groups in total. The molecule has 78 valence electrons. The van der Waals surface area contributed by atoms with Crippen LogP contribution >= 0.6 is 0 Å². The first-order valence-electron chi connectivity index (χ1n) is 5.20. The van der Waals surface area contributed by atoms with Gasteiger partial charge in [-0.25, -0.2) is 0 Å². The van der Waals surface area contributed by atoms with Gasteiger partial charge in [-0.15, -0.1) is 0 Å². The fraction of sp³-hybridized carbons (Fsp3) is 0.462. The van der Waals surface area contributed by atoms with E-state index >= 15 is 0 Å². The average molecular weight is 192 g/mol. The molecule has 0 amide bonds. The van der Waals surface area contributed by atoms with Crippen LogP contribution in [0.3, 0.4) is 0 Å². The number of carbonyl (C=O) groups excluding carboxylic acids is 1. The van der Waals surface area contributed by atoms with Gasteiger partial charge < -0.3 is 0 Å². The zero-order valence-electron chi connectivity index (χ0n) is 9.58. The fourth-order valence-electron chi connectivity index (χ4n) is 0.959. The van der Waals surface area contributed by atoms with E-state index in [4.69, 9.17) is 0 Å². The largest absolute Gasteiger partial charge is 0.298 e. The third-order valence-electron chi connectivity index (χ3n) is 1.74. The molecule has 1 aromatic rings. The van der Waals surface area contributed by atoms with Gasteiger partial charge in [-0.3, -0.25) is 4.79 Å². The van der Waals surface area contributed by atoms with Crippen LogP contribution in [0.4, 0.5) is 0 Å². The van der Waals surface area contributed by atoms with Gasteiger partial charge in [0.1, 0.15) is 6.29 Å². The highest BCUT2D eigenvalue weighted by Crippen LogP contribution is 2.13. The first kappa shape index (κ1) is 12.9. The molecule has 0 spiro atoms. The summed E-state index contributed by atoms with van der Waals surface area (Å²) in [6.45, 7) is 8.52. The van der Waals surface area contributed by atoms with E-state index in [1.54, 1.807) is 0 Å². The van der Waals surface area contributed by atoms with Crippen LogP contribution in [0.2, 0.25) is 0 Å². The SMILES string of the molecule is CC(C)c1ccc(C=O)cc1.CCC. The summed E-state index contributed by atoms with van der Waals surface area (Å²) < 4.78 is 0. The zero-order valence-corrected chi connectivity index (χ0v) is 9.58. The molecule has 0 aliphatic heterocycles. The molecule has 1 heteroatoms. The summed E-state index contributed by atoms with van der Waals surface area (Å²) in [7, 11) is 0. The van der Waals surface area contributed by atoms with Crippen molar-refractivity contribution in [3.63, 3.8) is 0 Å². The van der Waals surface area contributed by atoms with Gasteiger partial charge >= 0.3 is 0 Å². The molecule has 0 atom stereocenters. The van der Waals surface area contributed by atoms with Crippen LogP contribution in [0.5, 0.6) is 0 Å². The number of hydrogen-bond donors (Lipinski definition) is 0. The summed E-state index contributed by atoms with van der Waals surface area (Å²) in [4.78, 5) is 10.3. The van der Waals surface area contributed by atoms with Crippen molar-refractivity contribution in [2.24, 2.45) is 0 Å². The van der Waals surface area contributed by atoms with E-state index < -0.39 is 0 Å². The minimum atomic E-state index is 0.538. The lowest BCUT2D eigenvalue weighted by atomic mass is 10.0. The Morgan fingerprint density at radius 2 is 1.57 bits per heavy atom. The van der Waals surface area contributed by atoms with Gasteiger partial charge in [0.25, 0.3) is 0 Å². The smallest absolute Gasteiger partial charge is 0.150 e. The Morgan fingerprint density at radius 1 is 1.14 bits per heavy atom. The van der Waals surface area contributed by atoms with E-state index in [2.05, 4.69) is 27.7 Å². The summed E-state index contributed by atoms with van der Waals surface area (Å²) in [5.41, 5.74) is 2.02. The van der Waals surface area contributed by atoms with Crippen molar-refractivity contribution in [3.05, 3.63) is 35.4 Å².